The van der Waals surface area contributed by atoms with Crippen molar-refractivity contribution in [1.82, 2.24) is 0 Å². The maximum Gasteiger partial charge on any atom is 0.306 e. The first-order chi connectivity index (χ1) is 19.1. The largest absolute Gasteiger partial charge is 0.462 e. The zero-order valence-corrected chi connectivity index (χ0v) is 25.6. The Balaban J connectivity index is 3.58. The first-order valence-electron chi connectivity index (χ1n) is 16.4. The fraction of sp³-hybridized carbons (Fsp3) is 0.824. The zero-order valence-electron chi connectivity index (χ0n) is 25.6. The van der Waals surface area contributed by atoms with E-state index < -0.39 is 6.10 Å². The van der Waals surface area contributed by atoms with Crippen LogP contribution in [0.15, 0.2) is 24.3 Å². The summed E-state index contributed by atoms with van der Waals surface area (Å²) in [6.07, 6.45) is 33.8. The highest BCUT2D eigenvalue weighted by molar-refractivity contribution is 5.70. The molecule has 0 spiro atoms. The molecule has 0 aliphatic rings. The molecule has 0 fully saturated rings. The second kappa shape index (κ2) is 30.9. The van der Waals surface area contributed by atoms with Crippen LogP contribution in [0.4, 0.5) is 0 Å². The van der Waals surface area contributed by atoms with Crippen molar-refractivity contribution in [2.45, 2.75) is 168 Å². The van der Waals surface area contributed by atoms with Gasteiger partial charge in [0.1, 0.15) is 6.61 Å². The van der Waals surface area contributed by atoms with E-state index in [0.29, 0.717) is 12.8 Å². The van der Waals surface area contributed by atoms with Crippen LogP contribution in [-0.2, 0) is 19.1 Å². The Kier molecular flexibility index (Phi) is 29.6. The number of allylic oxidation sites excluding steroid dienone is 4. The molecule has 5 nitrogen and oxygen atoms in total. The predicted molar refractivity (Wildman–Crippen MR) is 164 cm³/mol. The first-order valence-corrected chi connectivity index (χ1v) is 16.4. The molecule has 39 heavy (non-hydrogen) atoms. The molecule has 0 aliphatic carbocycles. The van der Waals surface area contributed by atoms with E-state index in [1.54, 1.807) is 0 Å². The molecular weight excluding hydrogens is 488 g/mol. The Hall–Kier alpha value is -1.62. The minimum absolute atomic E-state index is 0.0664. The molecule has 5 heteroatoms. The number of aliphatic hydroxyl groups excluding tert-OH is 1. The van der Waals surface area contributed by atoms with Crippen LogP contribution < -0.4 is 0 Å². The summed E-state index contributed by atoms with van der Waals surface area (Å²) in [5, 5.41) is 9.47. The van der Waals surface area contributed by atoms with Gasteiger partial charge in [-0.15, -0.1) is 0 Å². The van der Waals surface area contributed by atoms with Gasteiger partial charge in [0.25, 0.3) is 0 Å². The lowest BCUT2D eigenvalue weighted by Crippen LogP contribution is -2.28. The highest BCUT2D eigenvalue weighted by Gasteiger charge is 2.16. The smallest absolute Gasteiger partial charge is 0.306 e. The van der Waals surface area contributed by atoms with Gasteiger partial charge in [0.2, 0.25) is 0 Å². The SMILES string of the molecule is CCCCC/C=C/C/C=C/CCCCCCCCCC(=O)O[C@@H](CO)COC(=O)CCCCCCCCCC. The molecule has 0 aliphatic heterocycles. The summed E-state index contributed by atoms with van der Waals surface area (Å²) in [5.74, 6) is -0.604. The number of aliphatic hydroxyl groups is 1. The Labute approximate surface area is 241 Å². The van der Waals surface area contributed by atoms with Crippen molar-refractivity contribution in [2.75, 3.05) is 13.2 Å². The van der Waals surface area contributed by atoms with E-state index in [1.165, 1.54) is 83.5 Å². The topological polar surface area (TPSA) is 72.8 Å². The van der Waals surface area contributed by atoms with Gasteiger partial charge in [-0.05, 0) is 44.9 Å². The van der Waals surface area contributed by atoms with Crippen LogP contribution in [0.3, 0.4) is 0 Å². The lowest BCUT2D eigenvalue weighted by atomic mass is 10.1. The minimum atomic E-state index is -0.768. The Bertz CT molecular complexity index is 598. The number of ether oxygens (including phenoxy) is 2. The number of rotatable bonds is 29. The first kappa shape index (κ1) is 37.4. The lowest BCUT2D eigenvalue weighted by Gasteiger charge is -2.15. The number of carbonyl (C=O) groups is 2. The molecule has 0 aromatic heterocycles. The van der Waals surface area contributed by atoms with Crippen LogP contribution in [0.5, 0.6) is 0 Å². The van der Waals surface area contributed by atoms with Gasteiger partial charge in [-0.3, -0.25) is 9.59 Å². The van der Waals surface area contributed by atoms with Crippen LogP contribution in [0, 0.1) is 0 Å². The van der Waals surface area contributed by atoms with Gasteiger partial charge < -0.3 is 14.6 Å². The molecule has 0 aromatic rings. The van der Waals surface area contributed by atoms with E-state index in [4.69, 9.17) is 9.47 Å². The summed E-state index contributed by atoms with van der Waals surface area (Å²) < 4.78 is 10.5. The molecular formula is C34H62O5. The Morgan fingerprint density at radius 3 is 1.56 bits per heavy atom. The summed E-state index contributed by atoms with van der Waals surface area (Å²) in [7, 11) is 0. The predicted octanol–water partition coefficient (Wildman–Crippen LogP) is 9.56. The Morgan fingerprint density at radius 2 is 1.03 bits per heavy atom. The number of carbonyl (C=O) groups excluding carboxylic acids is 2. The normalized spacial score (nSPS) is 12.4. The molecule has 0 bridgehead atoms. The average molecular weight is 551 g/mol. The van der Waals surface area contributed by atoms with Crippen LogP contribution in [-0.4, -0.2) is 36.4 Å². The van der Waals surface area contributed by atoms with Crippen molar-refractivity contribution < 1.29 is 24.2 Å². The lowest BCUT2D eigenvalue weighted by molar-refractivity contribution is -0.161. The van der Waals surface area contributed by atoms with E-state index >= 15 is 0 Å². The standard InChI is InChI=1S/C34H62O5/c1-3-5-7-9-11-13-14-15-16-17-18-19-20-21-23-25-27-29-34(37)39-32(30-35)31-38-33(36)28-26-24-22-12-10-8-6-4-2/h11,13,15-16,32,35H,3-10,12,14,17-31H2,1-2H3/b13-11+,16-15+/t32-/m0/s1. The number of hydrogen-bond donors (Lipinski definition) is 1. The van der Waals surface area contributed by atoms with E-state index in [2.05, 4.69) is 38.2 Å². The van der Waals surface area contributed by atoms with Crippen LogP contribution >= 0.6 is 0 Å². The van der Waals surface area contributed by atoms with Crippen molar-refractivity contribution in [3.8, 4) is 0 Å². The number of hydrogen-bond acceptors (Lipinski definition) is 5. The van der Waals surface area contributed by atoms with E-state index in [1.807, 2.05) is 0 Å². The fourth-order valence-electron chi connectivity index (χ4n) is 4.46. The van der Waals surface area contributed by atoms with Gasteiger partial charge in [0.15, 0.2) is 6.10 Å². The van der Waals surface area contributed by atoms with E-state index in [-0.39, 0.29) is 25.2 Å². The third kappa shape index (κ3) is 29.2. The summed E-state index contributed by atoms with van der Waals surface area (Å²) in [5.41, 5.74) is 0. The number of esters is 2. The van der Waals surface area contributed by atoms with Crippen molar-refractivity contribution in [1.29, 1.82) is 0 Å². The van der Waals surface area contributed by atoms with Gasteiger partial charge in [-0.1, -0.05) is 128 Å². The maximum atomic E-state index is 12.1. The van der Waals surface area contributed by atoms with Crippen molar-refractivity contribution >= 4 is 11.9 Å². The molecule has 0 radical (unpaired) electrons. The minimum Gasteiger partial charge on any atom is -0.462 e. The second-order valence-electron chi connectivity index (χ2n) is 10.9. The van der Waals surface area contributed by atoms with Crippen molar-refractivity contribution in [2.24, 2.45) is 0 Å². The maximum absolute atomic E-state index is 12.1. The molecule has 0 saturated carbocycles. The van der Waals surface area contributed by atoms with Crippen LogP contribution in [0.1, 0.15) is 162 Å². The van der Waals surface area contributed by atoms with E-state index in [0.717, 1.165) is 51.4 Å². The average Bonchev–Trinajstić information content (AvgIpc) is 2.94. The molecule has 0 heterocycles. The third-order valence-electron chi connectivity index (χ3n) is 7.00. The molecule has 0 saturated heterocycles. The highest BCUT2D eigenvalue weighted by Crippen LogP contribution is 2.12. The summed E-state index contributed by atoms with van der Waals surface area (Å²) in [6, 6.07) is 0. The molecule has 0 aromatic carbocycles. The summed E-state index contributed by atoms with van der Waals surface area (Å²) in [6.45, 7) is 4.06. The summed E-state index contributed by atoms with van der Waals surface area (Å²) in [4.78, 5) is 24.0. The highest BCUT2D eigenvalue weighted by atomic mass is 16.6. The zero-order chi connectivity index (χ0) is 28.7. The third-order valence-corrected chi connectivity index (χ3v) is 7.00. The van der Waals surface area contributed by atoms with Gasteiger partial charge in [-0.25, -0.2) is 0 Å². The number of unbranched alkanes of at least 4 members (excludes halogenated alkanes) is 17. The fourth-order valence-corrected chi connectivity index (χ4v) is 4.46. The molecule has 228 valence electrons. The molecule has 1 atom stereocenters. The van der Waals surface area contributed by atoms with Crippen molar-refractivity contribution in [3.63, 3.8) is 0 Å². The van der Waals surface area contributed by atoms with Gasteiger partial charge in [0, 0.05) is 12.8 Å². The molecule has 0 rings (SSSR count). The van der Waals surface area contributed by atoms with Gasteiger partial charge in [0.05, 0.1) is 6.61 Å². The monoisotopic (exact) mass is 550 g/mol. The van der Waals surface area contributed by atoms with Gasteiger partial charge >= 0.3 is 11.9 Å². The summed E-state index contributed by atoms with van der Waals surface area (Å²) >= 11 is 0. The van der Waals surface area contributed by atoms with Gasteiger partial charge in [-0.2, -0.15) is 0 Å². The molecule has 0 unspecified atom stereocenters. The molecule has 0 amide bonds. The quantitative estimate of drug-likeness (QED) is 0.0570. The van der Waals surface area contributed by atoms with Crippen molar-refractivity contribution in [3.05, 3.63) is 24.3 Å². The Morgan fingerprint density at radius 1 is 0.590 bits per heavy atom. The van der Waals surface area contributed by atoms with E-state index in [9.17, 15) is 14.7 Å². The molecule has 1 N–H and O–H groups in total. The van der Waals surface area contributed by atoms with Crippen LogP contribution in [0.2, 0.25) is 0 Å². The second-order valence-corrected chi connectivity index (χ2v) is 10.9. The van der Waals surface area contributed by atoms with Crippen LogP contribution in [0.25, 0.3) is 0 Å².